The van der Waals surface area contributed by atoms with E-state index in [1.165, 1.54) is 12.8 Å². The number of rotatable bonds is 2. The Labute approximate surface area is 118 Å². The van der Waals surface area contributed by atoms with E-state index >= 15 is 0 Å². The number of amides is 1. The van der Waals surface area contributed by atoms with Crippen molar-refractivity contribution in [3.8, 4) is 0 Å². The van der Waals surface area contributed by atoms with E-state index in [0.717, 1.165) is 12.8 Å². The van der Waals surface area contributed by atoms with Gasteiger partial charge >= 0.3 is 0 Å². The molecule has 1 aliphatic rings. The molecule has 1 aliphatic carbocycles. The number of nitrogens with one attached hydrogen (secondary N) is 1. The average Bonchev–Trinajstić information content (AvgIpc) is 2.28. The van der Waals surface area contributed by atoms with Crippen LogP contribution in [0.2, 0.25) is 10.0 Å². The lowest BCUT2D eigenvalue weighted by Crippen LogP contribution is -2.38. The molecule has 18 heavy (non-hydrogen) atoms. The minimum atomic E-state index is -0.101. The summed E-state index contributed by atoms with van der Waals surface area (Å²) in [5, 5.41) is 4.01. The number of hydrogen-bond acceptors (Lipinski definition) is 1. The maximum Gasteiger partial charge on any atom is 0.253 e. The van der Waals surface area contributed by atoms with Gasteiger partial charge in [-0.05, 0) is 37.0 Å². The summed E-state index contributed by atoms with van der Waals surface area (Å²) in [6.07, 6.45) is 4.55. The first-order chi connectivity index (χ1) is 8.56. The third-order valence-electron chi connectivity index (χ3n) is 3.45. The Morgan fingerprint density at radius 2 is 2.11 bits per heavy atom. The van der Waals surface area contributed by atoms with E-state index in [-0.39, 0.29) is 11.9 Å². The van der Waals surface area contributed by atoms with Crippen LogP contribution >= 0.6 is 23.2 Å². The standard InChI is InChI=1S/C14H17Cl2NO/c1-9-3-2-4-11(7-9)17-14(18)12-6-5-10(15)8-13(12)16/h5-6,8-9,11H,2-4,7H2,1H3,(H,17,18)/t9-,11+/m1/s1. The van der Waals surface area contributed by atoms with Gasteiger partial charge in [0.15, 0.2) is 0 Å². The fourth-order valence-corrected chi connectivity index (χ4v) is 3.00. The van der Waals surface area contributed by atoms with Crippen molar-refractivity contribution in [3.63, 3.8) is 0 Å². The van der Waals surface area contributed by atoms with Crippen LogP contribution in [-0.2, 0) is 0 Å². The summed E-state index contributed by atoms with van der Waals surface area (Å²) < 4.78 is 0. The maximum atomic E-state index is 12.1. The molecule has 0 unspecified atom stereocenters. The van der Waals surface area contributed by atoms with Gasteiger partial charge in [0.1, 0.15) is 0 Å². The molecule has 1 amide bonds. The zero-order chi connectivity index (χ0) is 13.1. The van der Waals surface area contributed by atoms with Crippen molar-refractivity contribution in [2.45, 2.75) is 38.6 Å². The van der Waals surface area contributed by atoms with Gasteiger partial charge < -0.3 is 5.32 Å². The molecule has 98 valence electrons. The zero-order valence-corrected chi connectivity index (χ0v) is 11.9. The molecule has 2 atom stereocenters. The smallest absolute Gasteiger partial charge is 0.253 e. The molecule has 0 aromatic heterocycles. The van der Waals surface area contributed by atoms with Crippen LogP contribution in [0.5, 0.6) is 0 Å². The monoisotopic (exact) mass is 285 g/mol. The van der Waals surface area contributed by atoms with Crippen LogP contribution in [0, 0.1) is 5.92 Å². The number of carbonyl (C=O) groups is 1. The average molecular weight is 286 g/mol. The molecule has 1 fully saturated rings. The van der Waals surface area contributed by atoms with Gasteiger partial charge in [0.25, 0.3) is 5.91 Å². The number of hydrogen-bond donors (Lipinski definition) is 1. The summed E-state index contributed by atoms with van der Waals surface area (Å²) in [5.74, 6) is 0.584. The molecule has 2 nitrogen and oxygen atoms in total. The minimum absolute atomic E-state index is 0.101. The van der Waals surface area contributed by atoms with Crippen LogP contribution in [0.15, 0.2) is 18.2 Å². The van der Waals surface area contributed by atoms with Crippen molar-refractivity contribution in [2.24, 2.45) is 5.92 Å². The van der Waals surface area contributed by atoms with Gasteiger partial charge in [-0.15, -0.1) is 0 Å². The zero-order valence-electron chi connectivity index (χ0n) is 10.4. The number of benzene rings is 1. The maximum absolute atomic E-state index is 12.1. The predicted octanol–water partition coefficient (Wildman–Crippen LogP) is 4.30. The highest BCUT2D eigenvalue weighted by Crippen LogP contribution is 2.25. The van der Waals surface area contributed by atoms with E-state index in [4.69, 9.17) is 23.2 Å². The lowest BCUT2D eigenvalue weighted by Gasteiger charge is -2.27. The SMILES string of the molecule is C[C@@H]1CCC[C@H](NC(=O)c2ccc(Cl)cc2Cl)C1. The van der Waals surface area contributed by atoms with E-state index < -0.39 is 0 Å². The summed E-state index contributed by atoms with van der Waals surface area (Å²) in [6, 6.07) is 5.23. The Morgan fingerprint density at radius 1 is 1.33 bits per heavy atom. The second-order valence-electron chi connectivity index (χ2n) is 5.07. The topological polar surface area (TPSA) is 29.1 Å². The van der Waals surface area contributed by atoms with Gasteiger partial charge in [0.2, 0.25) is 0 Å². The minimum Gasteiger partial charge on any atom is -0.349 e. The highest BCUT2D eigenvalue weighted by atomic mass is 35.5. The first kappa shape index (κ1) is 13.7. The Balaban J connectivity index is 2.03. The van der Waals surface area contributed by atoms with Crippen molar-refractivity contribution in [1.29, 1.82) is 0 Å². The van der Waals surface area contributed by atoms with Crippen LogP contribution in [0.1, 0.15) is 43.0 Å². The summed E-state index contributed by atoms with van der Waals surface area (Å²) in [5.41, 5.74) is 0.499. The molecule has 0 spiro atoms. The molecule has 0 bridgehead atoms. The summed E-state index contributed by atoms with van der Waals surface area (Å²) >= 11 is 11.8. The van der Waals surface area contributed by atoms with Crippen LogP contribution in [0.25, 0.3) is 0 Å². The van der Waals surface area contributed by atoms with Crippen LogP contribution in [-0.4, -0.2) is 11.9 Å². The van der Waals surface area contributed by atoms with Crippen LogP contribution in [0.4, 0.5) is 0 Å². The molecule has 1 saturated carbocycles. The van der Waals surface area contributed by atoms with Gasteiger partial charge in [0.05, 0.1) is 10.6 Å². The van der Waals surface area contributed by atoms with Crippen molar-refractivity contribution < 1.29 is 4.79 Å². The van der Waals surface area contributed by atoms with Crippen molar-refractivity contribution in [1.82, 2.24) is 5.32 Å². The molecule has 0 heterocycles. The molecule has 1 N–H and O–H groups in total. The Kier molecular flexibility index (Phi) is 4.52. The van der Waals surface area contributed by atoms with E-state index in [9.17, 15) is 4.79 Å². The first-order valence-corrected chi connectivity index (χ1v) is 7.08. The van der Waals surface area contributed by atoms with Gasteiger partial charge in [0, 0.05) is 11.1 Å². The summed E-state index contributed by atoms with van der Waals surface area (Å²) in [6.45, 7) is 2.23. The van der Waals surface area contributed by atoms with Gasteiger partial charge in [-0.25, -0.2) is 0 Å². The summed E-state index contributed by atoms with van der Waals surface area (Å²) in [7, 11) is 0. The molecule has 0 aliphatic heterocycles. The number of halogens is 2. The van der Waals surface area contributed by atoms with Crippen molar-refractivity contribution >= 4 is 29.1 Å². The largest absolute Gasteiger partial charge is 0.349 e. The third-order valence-corrected chi connectivity index (χ3v) is 4.00. The van der Waals surface area contributed by atoms with Crippen molar-refractivity contribution in [2.75, 3.05) is 0 Å². The quantitative estimate of drug-likeness (QED) is 0.862. The molecule has 2 rings (SSSR count). The summed E-state index contributed by atoms with van der Waals surface area (Å²) in [4.78, 5) is 12.1. The normalized spacial score (nSPS) is 23.7. The number of carbonyl (C=O) groups excluding carboxylic acids is 1. The van der Waals surface area contributed by atoms with Crippen molar-refractivity contribution in [3.05, 3.63) is 33.8 Å². The molecule has 1 aromatic carbocycles. The van der Waals surface area contributed by atoms with Crippen LogP contribution in [0.3, 0.4) is 0 Å². The Bertz CT molecular complexity index is 447. The van der Waals surface area contributed by atoms with E-state index in [1.807, 2.05) is 0 Å². The van der Waals surface area contributed by atoms with E-state index in [2.05, 4.69) is 12.2 Å². The van der Waals surface area contributed by atoms with Gasteiger partial charge in [-0.3, -0.25) is 4.79 Å². The highest BCUT2D eigenvalue weighted by molar-refractivity contribution is 6.36. The molecule has 0 saturated heterocycles. The first-order valence-electron chi connectivity index (χ1n) is 6.32. The molecular weight excluding hydrogens is 269 g/mol. The van der Waals surface area contributed by atoms with Crippen LogP contribution < -0.4 is 5.32 Å². The second kappa shape index (κ2) is 5.94. The molecule has 4 heteroatoms. The predicted molar refractivity (Wildman–Crippen MR) is 75.3 cm³/mol. The lowest BCUT2D eigenvalue weighted by atomic mass is 9.87. The Morgan fingerprint density at radius 3 is 2.78 bits per heavy atom. The fourth-order valence-electron chi connectivity index (χ4n) is 2.50. The second-order valence-corrected chi connectivity index (χ2v) is 5.91. The molecular formula is C14H17Cl2NO. The molecule has 0 radical (unpaired) electrons. The van der Waals surface area contributed by atoms with Gasteiger partial charge in [-0.1, -0.05) is 43.0 Å². The lowest BCUT2D eigenvalue weighted by molar-refractivity contribution is 0.0921. The van der Waals surface area contributed by atoms with E-state index in [0.29, 0.717) is 21.5 Å². The highest BCUT2D eigenvalue weighted by Gasteiger charge is 2.21. The van der Waals surface area contributed by atoms with Gasteiger partial charge in [-0.2, -0.15) is 0 Å². The fraction of sp³-hybridized carbons (Fsp3) is 0.500. The van der Waals surface area contributed by atoms with E-state index in [1.54, 1.807) is 18.2 Å². The molecule has 1 aromatic rings. The third kappa shape index (κ3) is 3.39. The Hall–Kier alpha value is -0.730.